The van der Waals surface area contributed by atoms with Crippen molar-refractivity contribution in [3.63, 3.8) is 0 Å². The highest BCUT2D eigenvalue weighted by atomic mass is 19.1. The van der Waals surface area contributed by atoms with Gasteiger partial charge in [-0.25, -0.2) is 9.37 Å². The zero-order valence-electron chi connectivity index (χ0n) is 11.8. The van der Waals surface area contributed by atoms with E-state index in [4.69, 9.17) is 5.73 Å². The van der Waals surface area contributed by atoms with Crippen LogP contribution < -0.4 is 11.1 Å². The molecule has 1 aliphatic rings. The first-order chi connectivity index (χ1) is 10.0. The third-order valence-electron chi connectivity index (χ3n) is 3.72. The number of nitrogens with zero attached hydrogens (tertiary/aromatic N) is 2. The molecule has 2 heterocycles. The molecule has 0 aliphatic carbocycles. The second kappa shape index (κ2) is 5.42. The lowest BCUT2D eigenvalue weighted by molar-refractivity contribution is -0.132. The highest BCUT2D eigenvalue weighted by Gasteiger charge is 2.29. The number of imidazole rings is 1. The Labute approximate surface area is 121 Å². The normalized spacial score (nSPS) is 21.9. The largest absolute Gasteiger partial charge is 0.340 e. The summed E-state index contributed by atoms with van der Waals surface area (Å²) in [4.78, 5) is 21.3. The molecule has 3 rings (SSSR count). The Balaban J connectivity index is 1.70. The summed E-state index contributed by atoms with van der Waals surface area (Å²) in [5.41, 5.74) is 7.11. The molecule has 0 bridgehead atoms. The fourth-order valence-corrected chi connectivity index (χ4v) is 2.63. The molecule has 6 nitrogen and oxygen atoms in total. The fraction of sp³-hybridized carbons (Fsp3) is 0.429. The summed E-state index contributed by atoms with van der Waals surface area (Å²) >= 11 is 0. The van der Waals surface area contributed by atoms with E-state index in [1.807, 2.05) is 0 Å². The van der Waals surface area contributed by atoms with Gasteiger partial charge in [-0.15, -0.1) is 0 Å². The fourth-order valence-electron chi connectivity index (χ4n) is 2.63. The number of hydrogen-bond donors (Lipinski definition) is 3. The molecule has 0 saturated carbocycles. The van der Waals surface area contributed by atoms with E-state index < -0.39 is 0 Å². The van der Waals surface area contributed by atoms with Crippen LogP contribution in [0.5, 0.6) is 0 Å². The van der Waals surface area contributed by atoms with Gasteiger partial charge in [0.05, 0.1) is 23.6 Å². The van der Waals surface area contributed by atoms with Gasteiger partial charge in [0.1, 0.15) is 11.6 Å². The van der Waals surface area contributed by atoms with Crippen molar-refractivity contribution >= 4 is 16.9 Å². The molecular weight excluding hydrogens is 273 g/mol. The maximum Gasteiger partial charge on any atom is 0.239 e. The second-order valence-electron chi connectivity index (χ2n) is 5.50. The Bertz CT molecular complexity index is 670. The van der Waals surface area contributed by atoms with E-state index in [9.17, 15) is 9.18 Å². The highest BCUT2D eigenvalue weighted by molar-refractivity contribution is 5.82. The van der Waals surface area contributed by atoms with Crippen molar-refractivity contribution in [3.05, 3.63) is 29.8 Å². The summed E-state index contributed by atoms with van der Waals surface area (Å²) in [5, 5.41) is 3.11. The lowest BCUT2D eigenvalue weighted by Crippen LogP contribution is -2.41. The number of carbonyl (C=O) groups is 1. The molecule has 0 unspecified atom stereocenters. The van der Waals surface area contributed by atoms with Crippen molar-refractivity contribution in [3.8, 4) is 0 Å². The van der Waals surface area contributed by atoms with E-state index in [2.05, 4.69) is 15.3 Å². The molecule has 7 heteroatoms. The first-order valence-corrected chi connectivity index (χ1v) is 6.91. The van der Waals surface area contributed by atoms with Gasteiger partial charge in [0, 0.05) is 19.6 Å². The van der Waals surface area contributed by atoms with Crippen molar-refractivity contribution in [2.24, 2.45) is 5.73 Å². The molecule has 1 amide bonds. The number of benzene rings is 1. The van der Waals surface area contributed by atoms with Crippen LogP contribution in [0.4, 0.5) is 4.39 Å². The van der Waals surface area contributed by atoms with Gasteiger partial charge in [-0.05, 0) is 24.6 Å². The van der Waals surface area contributed by atoms with Crippen molar-refractivity contribution in [1.82, 2.24) is 20.2 Å². The number of amides is 1. The number of nitrogens with one attached hydrogen (secondary N) is 2. The van der Waals surface area contributed by atoms with E-state index in [-0.39, 0.29) is 23.8 Å². The van der Waals surface area contributed by atoms with E-state index in [1.54, 1.807) is 18.0 Å². The quantitative estimate of drug-likeness (QED) is 0.761. The first-order valence-electron chi connectivity index (χ1n) is 6.91. The molecule has 1 aromatic heterocycles. The Hall–Kier alpha value is -1.99. The molecule has 4 N–H and O–H groups in total. The molecule has 1 saturated heterocycles. The zero-order chi connectivity index (χ0) is 15.0. The summed E-state index contributed by atoms with van der Waals surface area (Å²) in [5.74, 6) is 0.314. The minimum atomic E-state index is -0.314. The van der Waals surface area contributed by atoms with Crippen LogP contribution in [0.15, 0.2) is 18.2 Å². The molecule has 2 aromatic rings. The summed E-state index contributed by atoms with van der Waals surface area (Å²) in [7, 11) is 1.72. The monoisotopic (exact) mass is 291 g/mol. The van der Waals surface area contributed by atoms with E-state index in [0.717, 1.165) is 0 Å². The van der Waals surface area contributed by atoms with Gasteiger partial charge in [-0.1, -0.05) is 0 Å². The molecule has 0 spiro atoms. The van der Waals surface area contributed by atoms with Crippen molar-refractivity contribution in [2.75, 3.05) is 13.6 Å². The number of likely N-dealkylation sites (N-methyl/N-ethyl adjacent to an activating group) is 1. The second-order valence-corrected chi connectivity index (χ2v) is 5.50. The van der Waals surface area contributed by atoms with Crippen LogP contribution in [0.25, 0.3) is 11.0 Å². The van der Waals surface area contributed by atoms with Crippen LogP contribution in [0, 0.1) is 5.82 Å². The minimum absolute atomic E-state index is 0.00501. The lowest BCUT2D eigenvalue weighted by Gasteiger charge is -2.20. The summed E-state index contributed by atoms with van der Waals surface area (Å²) < 4.78 is 13.1. The van der Waals surface area contributed by atoms with E-state index in [1.165, 1.54) is 12.1 Å². The molecular formula is C14H18FN5O. The lowest BCUT2D eigenvalue weighted by atomic mass is 10.1. The predicted molar refractivity (Wildman–Crippen MR) is 76.9 cm³/mol. The molecule has 21 heavy (non-hydrogen) atoms. The topological polar surface area (TPSA) is 87.0 Å². The Morgan fingerprint density at radius 2 is 2.38 bits per heavy atom. The number of fused-ring (bicyclic) bond motifs is 1. The number of rotatable bonds is 3. The number of nitrogens with two attached hydrogens (primary N) is 1. The molecule has 2 atom stereocenters. The maximum absolute atomic E-state index is 13.1. The predicted octanol–water partition coefficient (Wildman–Crippen LogP) is 0.350. The number of carbonyl (C=O) groups excluding carboxylic acids is 1. The van der Waals surface area contributed by atoms with Crippen LogP contribution in [0.3, 0.4) is 0 Å². The van der Waals surface area contributed by atoms with Gasteiger partial charge in [0.2, 0.25) is 5.91 Å². The highest BCUT2D eigenvalue weighted by Crippen LogP contribution is 2.14. The van der Waals surface area contributed by atoms with Crippen LogP contribution in [-0.4, -0.2) is 46.5 Å². The first kappa shape index (κ1) is 14.0. The smallest absolute Gasteiger partial charge is 0.239 e. The third-order valence-corrected chi connectivity index (χ3v) is 3.72. The molecule has 0 radical (unpaired) electrons. The van der Waals surface area contributed by atoms with Gasteiger partial charge in [0.25, 0.3) is 0 Å². The zero-order valence-corrected chi connectivity index (χ0v) is 11.8. The summed E-state index contributed by atoms with van der Waals surface area (Å²) in [6.45, 7) is 1.01. The minimum Gasteiger partial charge on any atom is -0.340 e. The average molecular weight is 291 g/mol. The van der Waals surface area contributed by atoms with Crippen LogP contribution in [0.2, 0.25) is 0 Å². The number of hydrogen-bond acceptors (Lipinski definition) is 4. The Kier molecular flexibility index (Phi) is 3.60. The van der Waals surface area contributed by atoms with Gasteiger partial charge in [-0.3, -0.25) is 4.79 Å². The number of H-pyrrole nitrogens is 1. The van der Waals surface area contributed by atoms with E-state index >= 15 is 0 Å². The third kappa shape index (κ3) is 2.88. The van der Waals surface area contributed by atoms with Crippen LogP contribution in [0.1, 0.15) is 12.2 Å². The number of halogens is 1. The van der Waals surface area contributed by atoms with Gasteiger partial charge in [0.15, 0.2) is 0 Å². The van der Waals surface area contributed by atoms with Gasteiger partial charge >= 0.3 is 0 Å². The van der Waals surface area contributed by atoms with Crippen LogP contribution >= 0.6 is 0 Å². The van der Waals surface area contributed by atoms with Crippen molar-refractivity contribution in [1.29, 1.82) is 0 Å². The standard InChI is InChI=1S/C14H18FN5O/c1-20(14(21)12-5-9(16)6-17-12)7-13-18-10-3-2-8(15)4-11(10)19-13/h2-4,9,12,17H,5-7,16H2,1H3,(H,18,19)/t9-,12+/m1/s1. The Morgan fingerprint density at radius 3 is 3.10 bits per heavy atom. The van der Waals surface area contributed by atoms with Crippen LogP contribution in [-0.2, 0) is 11.3 Å². The average Bonchev–Trinajstić information content (AvgIpc) is 3.03. The van der Waals surface area contributed by atoms with Gasteiger partial charge < -0.3 is 20.9 Å². The molecule has 1 fully saturated rings. The molecule has 112 valence electrons. The molecule has 1 aromatic carbocycles. The summed E-state index contributed by atoms with van der Waals surface area (Å²) in [6, 6.07) is 4.18. The number of aromatic nitrogens is 2. The van der Waals surface area contributed by atoms with Crippen molar-refractivity contribution in [2.45, 2.75) is 25.0 Å². The summed E-state index contributed by atoms with van der Waals surface area (Å²) in [6.07, 6.45) is 0.647. The Morgan fingerprint density at radius 1 is 1.57 bits per heavy atom. The SMILES string of the molecule is CN(Cc1nc2ccc(F)cc2[nH]1)C(=O)[C@@H]1C[C@@H](N)CN1. The van der Waals surface area contributed by atoms with Gasteiger partial charge in [-0.2, -0.15) is 0 Å². The maximum atomic E-state index is 13.1. The molecule has 1 aliphatic heterocycles. The number of aromatic amines is 1. The van der Waals surface area contributed by atoms with Crippen molar-refractivity contribution < 1.29 is 9.18 Å². The van der Waals surface area contributed by atoms with E-state index in [0.29, 0.717) is 36.4 Å².